The van der Waals surface area contributed by atoms with Crippen LogP contribution in [0, 0.1) is 11.6 Å². The number of halogens is 2. The summed E-state index contributed by atoms with van der Waals surface area (Å²) in [5, 5.41) is 2.42. The van der Waals surface area contributed by atoms with Crippen LogP contribution < -0.4 is 11.1 Å². The second-order valence-corrected chi connectivity index (χ2v) is 5.09. The zero-order valence-corrected chi connectivity index (χ0v) is 12.3. The molecule has 0 aliphatic rings. The molecule has 0 saturated carbocycles. The van der Waals surface area contributed by atoms with Gasteiger partial charge in [0.05, 0.1) is 6.42 Å². The van der Waals surface area contributed by atoms with Crippen LogP contribution in [0.15, 0.2) is 48.5 Å². The van der Waals surface area contributed by atoms with Crippen LogP contribution in [0.4, 0.5) is 8.78 Å². The average Bonchev–Trinajstić information content (AvgIpc) is 2.51. The fourth-order valence-electron chi connectivity index (χ4n) is 2.18. The summed E-state index contributed by atoms with van der Waals surface area (Å²) >= 11 is 0. The van der Waals surface area contributed by atoms with Gasteiger partial charge in [0, 0.05) is 12.0 Å². The summed E-state index contributed by atoms with van der Waals surface area (Å²) in [6.07, 6.45) is -0.293. The van der Waals surface area contributed by atoms with Gasteiger partial charge < -0.3 is 11.1 Å². The van der Waals surface area contributed by atoms with E-state index in [1.54, 1.807) is 24.3 Å². The Labute approximate surface area is 132 Å². The Kier molecular flexibility index (Phi) is 5.41. The van der Waals surface area contributed by atoms with E-state index in [2.05, 4.69) is 5.32 Å². The number of nitrogens with one attached hydrogen (secondary N) is 1. The van der Waals surface area contributed by atoms with Crippen molar-refractivity contribution in [2.24, 2.45) is 5.73 Å². The Bertz CT molecular complexity index is 685. The van der Waals surface area contributed by atoms with Crippen LogP contribution in [0.5, 0.6) is 0 Å². The maximum absolute atomic E-state index is 13.5. The summed E-state index contributed by atoms with van der Waals surface area (Å²) in [7, 11) is 0. The molecule has 6 heteroatoms. The second kappa shape index (κ2) is 7.49. The molecule has 0 aromatic heterocycles. The summed E-state index contributed by atoms with van der Waals surface area (Å²) in [5.74, 6) is -3.00. The molecule has 0 unspecified atom stereocenters. The molecule has 1 atom stereocenters. The van der Waals surface area contributed by atoms with Gasteiger partial charge in [-0.1, -0.05) is 36.4 Å². The van der Waals surface area contributed by atoms with Gasteiger partial charge in [-0.05, 0) is 17.7 Å². The van der Waals surface area contributed by atoms with E-state index in [1.807, 2.05) is 6.07 Å². The first kappa shape index (κ1) is 16.6. The first-order chi connectivity index (χ1) is 11.0. The van der Waals surface area contributed by atoms with Gasteiger partial charge >= 0.3 is 0 Å². The number of amides is 2. The second-order valence-electron chi connectivity index (χ2n) is 5.09. The standard InChI is InChI=1S/C17H16F2N2O2/c18-13-7-4-8-14(19)12(13)10-16(22)21-15(17(20)23)9-11-5-2-1-3-6-11/h1-8,15H,9-10H2,(H2,20,23)(H,21,22)/t15-/m0/s1. The number of rotatable bonds is 6. The summed E-state index contributed by atoms with van der Waals surface area (Å²) in [6.45, 7) is 0. The Morgan fingerprint density at radius 1 is 1.00 bits per heavy atom. The van der Waals surface area contributed by atoms with Crippen molar-refractivity contribution < 1.29 is 18.4 Å². The fraction of sp³-hybridized carbons (Fsp3) is 0.176. The molecule has 23 heavy (non-hydrogen) atoms. The van der Waals surface area contributed by atoms with Gasteiger partial charge in [-0.25, -0.2) is 8.78 Å². The molecule has 0 radical (unpaired) electrons. The Hall–Kier alpha value is -2.76. The maximum Gasteiger partial charge on any atom is 0.240 e. The zero-order chi connectivity index (χ0) is 16.8. The van der Waals surface area contributed by atoms with Crippen molar-refractivity contribution >= 4 is 11.8 Å². The van der Waals surface area contributed by atoms with E-state index in [9.17, 15) is 18.4 Å². The number of benzene rings is 2. The minimum absolute atomic E-state index is 0.210. The molecular weight excluding hydrogens is 302 g/mol. The Morgan fingerprint density at radius 2 is 1.61 bits per heavy atom. The molecule has 2 amide bonds. The fourth-order valence-corrected chi connectivity index (χ4v) is 2.18. The van der Waals surface area contributed by atoms with Gasteiger partial charge in [0.15, 0.2) is 0 Å². The highest BCUT2D eigenvalue weighted by Crippen LogP contribution is 2.13. The van der Waals surface area contributed by atoms with Gasteiger partial charge in [-0.15, -0.1) is 0 Å². The quantitative estimate of drug-likeness (QED) is 0.851. The van der Waals surface area contributed by atoms with Gasteiger partial charge in [0.2, 0.25) is 11.8 Å². The highest BCUT2D eigenvalue weighted by atomic mass is 19.1. The lowest BCUT2D eigenvalue weighted by Crippen LogP contribution is -2.46. The Balaban J connectivity index is 2.05. The summed E-state index contributed by atoms with van der Waals surface area (Å²) in [6, 6.07) is 11.4. The molecule has 0 aliphatic heterocycles. The number of hydrogen-bond acceptors (Lipinski definition) is 2. The van der Waals surface area contributed by atoms with Crippen LogP contribution >= 0.6 is 0 Å². The number of carbonyl (C=O) groups excluding carboxylic acids is 2. The van der Waals surface area contributed by atoms with Gasteiger partial charge in [-0.2, -0.15) is 0 Å². The van der Waals surface area contributed by atoms with Gasteiger partial charge in [-0.3, -0.25) is 9.59 Å². The molecule has 120 valence electrons. The van der Waals surface area contributed by atoms with E-state index < -0.39 is 35.9 Å². The summed E-state index contributed by atoms with van der Waals surface area (Å²) in [4.78, 5) is 23.5. The molecular formula is C17H16F2N2O2. The first-order valence-electron chi connectivity index (χ1n) is 7.03. The number of carbonyl (C=O) groups is 2. The normalized spacial score (nSPS) is 11.7. The molecule has 0 fully saturated rings. The Morgan fingerprint density at radius 3 is 2.17 bits per heavy atom. The number of nitrogens with two attached hydrogens (primary N) is 1. The summed E-state index contributed by atoms with van der Waals surface area (Å²) in [5.41, 5.74) is 5.76. The molecule has 0 aliphatic carbocycles. The molecule has 2 aromatic carbocycles. The lowest BCUT2D eigenvalue weighted by Gasteiger charge is -2.16. The van der Waals surface area contributed by atoms with E-state index in [0.717, 1.165) is 17.7 Å². The maximum atomic E-state index is 13.5. The minimum Gasteiger partial charge on any atom is -0.368 e. The molecule has 2 aromatic rings. The third-order valence-corrected chi connectivity index (χ3v) is 3.36. The molecule has 0 saturated heterocycles. The minimum atomic E-state index is -0.945. The largest absolute Gasteiger partial charge is 0.368 e. The van der Waals surface area contributed by atoms with Crippen LogP contribution in [0.25, 0.3) is 0 Å². The SMILES string of the molecule is NC(=O)[C@H](Cc1ccccc1)NC(=O)Cc1c(F)cccc1F. The molecule has 3 N–H and O–H groups in total. The predicted molar refractivity (Wildman–Crippen MR) is 81.3 cm³/mol. The van der Waals surface area contributed by atoms with Crippen molar-refractivity contribution in [1.29, 1.82) is 0 Å². The highest BCUT2D eigenvalue weighted by Gasteiger charge is 2.20. The van der Waals surface area contributed by atoms with Crippen molar-refractivity contribution in [3.8, 4) is 0 Å². The van der Waals surface area contributed by atoms with Crippen LogP contribution in [0.3, 0.4) is 0 Å². The third-order valence-electron chi connectivity index (χ3n) is 3.36. The van der Waals surface area contributed by atoms with Gasteiger partial charge in [0.1, 0.15) is 17.7 Å². The average molecular weight is 318 g/mol. The van der Waals surface area contributed by atoms with Crippen LogP contribution in [0.1, 0.15) is 11.1 Å². The van der Waals surface area contributed by atoms with Crippen molar-refractivity contribution in [1.82, 2.24) is 5.32 Å². The van der Waals surface area contributed by atoms with E-state index in [0.29, 0.717) is 0 Å². The predicted octanol–water partition coefficient (Wildman–Crippen LogP) is 1.72. The van der Waals surface area contributed by atoms with E-state index in [4.69, 9.17) is 5.73 Å². The van der Waals surface area contributed by atoms with Crippen LogP contribution in [-0.2, 0) is 22.4 Å². The topological polar surface area (TPSA) is 72.2 Å². The zero-order valence-electron chi connectivity index (χ0n) is 12.3. The monoisotopic (exact) mass is 318 g/mol. The number of primary amides is 1. The first-order valence-corrected chi connectivity index (χ1v) is 7.03. The third kappa shape index (κ3) is 4.60. The number of hydrogen-bond donors (Lipinski definition) is 2. The van der Waals surface area contributed by atoms with E-state index >= 15 is 0 Å². The molecule has 2 rings (SSSR count). The van der Waals surface area contributed by atoms with E-state index in [1.165, 1.54) is 6.07 Å². The molecule has 0 bridgehead atoms. The van der Waals surface area contributed by atoms with E-state index in [-0.39, 0.29) is 12.0 Å². The van der Waals surface area contributed by atoms with Crippen molar-refractivity contribution in [3.05, 3.63) is 71.3 Å². The lowest BCUT2D eigenvalue weighted by atomic mass is 10.0. The van der Waals surface area contributed by atoms with Crippen molar-refractivity contribution in [3.63, 3.8) is 0 Å². The van der Waals surface area contributed by atoms with Crippen LogP contribution in [-0.4, -0.2) is 17.9 Å². The molecule has 4 nitrogen and oxygen atoms in total. The summed E-state index contributed by atoms with van der Waals surface area (Å²) < 4.78 is 27.1. The lowest BCUT2D eigenvalue weighted by molar-refractivity contribution is -0.127. The smallest absolute Gasteiger partial charge is 0.240 e. The molecule has 0 spiro atoms. The van der Waals surface area contributed by atoms with Crippen LogP contribution in [0.2, 0.25) is 0 Å². The van der Waals surface area contributed by atoms with Gasteiger partial charge in [0.25, 0.3) is 0 Å². The van der Waals surface area contributed by atoms with Crippen molar-refractivity contribution in [2.45, 2.75) is 18.9 Å². The highest BCUT2D eigenvalue weighted by molar-refractivity contribution is 5.87. The van der Waals surface area contributed by atoms with Crippen molar-refractivity contribution in [2.75, 3.05) is 0 Å². The molecule has 0 heterocycles.